The summed E-state index contributed by atoms with van der Waals surface area (Å²) in [7, 11) is 0. The van der Waals surface area contributed by atoms with Crippen LogP contribution in [-0.4, -0.2) is 15.5 Å². The minimum Gasteiger partial charge on any atom is -0.324 e. The van der Waals surface area contributed by atoms with Crippen LogP contribution in [0.1, 0.15) is 5.56 Å². The normalized spacial score (nSPS) is 10.6. The predicted octanol–water partition coefficient (Wildman–Crippen LogP) is 2.34. The van der Waals surface area contributed by atoms with Gasteiger partial charge in [0.1, 0.15) is 6.54 Å². The standard InChI is InChI=1S/C17H15N3O2/c1-12-6-2-3-7-13(12)19-16(21)11-20-15-9-5-4-8-14(15)18-10-17(20)22/h2-10H,11H2,1H3,(H,19,21). The zero-order chi connectivity index (χ0) is 15.5. The number of fused-ring (bicyclic) bond motifs is 1. The molecule has 110 valence electrons. The lowest BCUT2D eigenvalue weighted by atomic mass is 10.2. The van der Waals surface area contributed by atoms with Crippen LogP contribution in [0.3, 0.4) is 0 Å². The van der Waals surface area contributed by atoms with Gasteiger partial charge in [0, 0.05) is 5.69 Å². The summed E-state index contributed by atoms with van der Waals surface area (Å²) in [4.78, 5) is 28.3. The van der Waals surface area contributed by atoms with E-state index in [9.17, 15) is 9.59 Å². The van der Waals surface area contributed by atoms with E-state index in [1.807, 2.05) is 49.4 Å². The molecule has 0 saturated heterocycles. The first-order valence-corrected chi connectivity index (χ1v) is 6.95. The topological polar surface area (TPSA) is 64.0 Å². The molecule has 0 fully saturated rings. The minimum absolute atomic E-state index is 0.0454. The first-order chi connectivity index (χ1) is 10.6. The van der Waals surface area contributed by atoms with Gasteiger partial charge in [-0.2, -0.15) is 0 Å². The number of benzene rings is 2. The SMILES string of the molecule is Cc1ccccc1NC(=O)Cn1c(=O)cnc2ccccc21. The number of hydrogen-bond donors (Lipinski definition) is 1. The van der Waals surface area contributed by atoms with Crippen molar-refractivity contribution in [2.45, 2.75) is 13.5 Å². The van der Waals surface area contributed by atoms with Crippen LogP contribution in [0, 0.1) is 6.92 Å². The van der Waals surface area contributed by atoms with Gasteiger partial charge in [-0.05, 0) is 30.7 Å². The fraction of sp³-hybridized carbons (Fsp3) is 0.118. The highest BCUT2D eigenvalue weighted by Crippen LogP contribution is 2.13. The van der Waals surface area contributed by atoms with Crippen molar-refractivity contribution in [1.82, 2.24) is 9.55 Å². The van der Waals surface area contributed by atoms with Crippen molar-refractivity contribution in [3.63, 3.8) is 0 Å². The number of carbonyl (C=O) groups excluding carboxylic acids is 1. The van der Waals surface area contributed by atoms with E-state index in [0.717, 1.165) is 11.3 Å². The molecular formula is C17H15N3O2. The van der Waals surface area contributed by atoms with Crippen LogP contribution >= 0.6 is 0 Å². The van der Waals surface area contributed by atoms with Gasteiger partial charge in [-0.3, -0.25) is 14.2 Å². The molecular weight excluding hydrogens is 278 g/mol. The smallest absolute Gasteiger partial charge is 0.269 e. The predicted molar refractivity (Wildman–Crippen MR) is 85.8 cm³/mol. The molecule has 0 aliphatic heterocycles. The lowest BCUT2D eigenvalue weighted by Crippen LogP contribution is -2.28. The van der Waals surface area contributed by atoms with Crippen molar-refractivity contribution in [1.29, 1.82) is 0 Å². The number of amides is 1. The quantitative estimate of drug-likeness (QED) is 0.806. The van der Waals surface area contributed by atoms with Gasteiger partial charge in [0.15, 0.2) is 0 Å². The number of hydrogen-bond acceptors (Lipinski definition) is 3. The van der Waals surface area contributed by atoms with Gasteiger partial charge >= 0.3 is 0 Å². The number of aryl methyl sites for hydroxylation is 1. The van der Waals surface area contributed by atoms with E-state index < -0.39 is 0 Å². The van der Waals surface area contributed by atoms with Crippen molar-refractivity contribution in [3.8, 4) is 0 Å². The number of rotatable bonds is 3. The highest BCUT2D eigenvalue weighted by molar-refractivity contribution is 5.92. The van der Waals surface area contributed by atoms with Gasteiger partial charge in [0.25, 0.3) is 5.56 Å². The third kappa shape index (κ3) is 2.74. The summed E-state index contributed by atoms with van der Waals surface area (Å²) in [5.41, 5.74) is 2.76. The van der Waals surface area contributed by atoms with Gasteiger partial charge in [-0.1, -0.05) is 30.3 Å². The minimum atomic E-state index is -0.293. The largest absolute Gasteiger partial charge is 0.324 e. The average molecular weight is 293 g/mol. The molecule has 3 aromatic rings. The number of anilines is 1. The molecule has 0 spiro atoms. The zero-order valence-electron chi connectivity index (χ0n) is 12.1. The molecule has 2 aromatic carbocycles. The fourth-order valence-corrected chi connectivity index (χ4v) is 2.32. The van der Waals surface area contributed by atoms with E-state index in [2.05, 4.69) is 10.3 Å². The maximum atomic E-state index is 12.2. The third-order valence-electron chi connectivity index (χ3n) is 3.47. The van der Waals surface area contributed by atoms with Crippen LogP contribution < -0.4 is 10.9 Å². The maximum absolute atomic E-state index is 12.2. The Morgan fingerprint density at radius 3 is 2.68 bits per heavy atom. The number of carbonyl (C=O) groups is 1. The van der Waals surface area contributed by atoms with Gasteiger partial charge < -0.3 is 5.32 Å². The van der Waals surface area contributed by atoms with E-state index >= 15 is 0 Å². The van der Waals surface area contributed by atoms with E-state index in [1.165, 1.54) is 10.8 Å². The van der Waals surface area contributed by atoms with Crippen molar-refractivity contribution < 1.29 is 4.79 Å². The monoisotopic (exact) mass is 293 g/mol. The molecule has 0 unspecified atom stereocenters. The highest BCUT2D eigenvalue weighted by Gasteiger charge is 2.09. The molecule has 0 radical (unpaired) electrons. The molecule has 1 N–H and O–H groups in total. The maximum Gasteiger partial charge on any atom is 0.269 e. The number of nitrogens with zero attached hydrogens (tertiary/aromatic N) is 2. The van der Waals surface area contributed by atoms with Crippen molar-refractivity contribution >= 4 is 22.6 Å². The molecule has 1 heterocycles. The van der Waals surface area contributed by atoms with Crippen LogP contribution in [0.15, 0.2) is 59.5 Å². The van der Waals surface area contributed by atoms with Crippen LogP contribution in [0.4, 0.5) is 5.69 Å². The van der Waals surface area contributed by atoms with E-state index in [1.54, 1.807) is 6.07 Å². The summed E-state index contributed by atoms with van der Waals surface area (Å²) in [6.45, 7) is 1.87. The van der Waals surface area contributed by atoms with Crippen molar-refractivity contribution in [2.75, 3.05) is 5.32 Å². The lowest BCUT2D eigenvalue weighted by molar-refractivity contribution is -0.116. The fourth-order valence-electron chi connectivity index (χ4n) is 2.32. The molecule has 0 saturated carbocycles. The van der Waals surface area contributed by atoms with Crippen molar-refractivity contribution in [3.05, 3.63) is 70.6 Å². The molecule has 0 aliphatic rings. The van der Waals surface area contributed by atoms with E-state index in [-0.39, 0.29) is 18.0 Å². The Balaban J connectivity index is 1.90. The summed E-state index contributed by atoms with van der Waals surface area (Å²) in [6.07, 6.45) is 1.24. The summed E-state index contributed by atoms with van der Waals surface area (Å²) in [6, 6.07) is 14.8. The Kier molecular flexibility index (Phi) is 3.70. The molecule has 0 bridgehead atoms. The molecule has 22 heavy (non-hydrogen) atoms. The second-order valence-corrected chi connectivity index (χ2v) is 5.03. The summed E-state index contributed by atoms with van der Waals surface area (Å²) in [5, 5.41) is 2.83. The number of nitrogens with one attached hydrogen (secondary N) is 1. The molecule has 3 rings (SSSR count). The van der Waals surface area contributed by atoms with Gasteiger partial charge in [0.05, 0.1) is 17.2 Å². The lowest BCUT2D eigenvalue weighted by Gasteiger charge is -2.11. The molecule has 5 heteroatoms. The molecule has 0 aliphatic carbocycles. The summed E-state index contributed by atoms with van der Waals surface area (Å²) >= 11 is 0. The Hall–Kier alpha value is -2.95. The van der Waals surface area contributed by atoms with E-state index in [0.29, 0.717) is 11.0 Å². The van der Waals surface area contributed by atoms with Gasteiger partial charge in [-0.15, -0.1) is 0 Å². The van der Waals surface area contributed by atoms with Gasteiger partial charge in [-0.25, -0.2) is 4.98 Å². The van der Waals surface area contributed by atoms with Crippen LogP contribution in [0.25, 0.3) is 11.0 Å². The first-order valence-electron chi connectivity index (χ1n) is 6.95. The summed E-state index contributed by atoms with van der Waals surface area (Å²) in [5.74, 6) is -0.243. The summed E-state index contributed by atoms with van der Waals surface area (Å²) < 4.78 is 1.43. The van der Waals surface area contributed by atoms with E-state index in [4.69, 9.17) is 0 Å². The second-order valence-electron chi connectivity index (χ2n) is 5.03. The Labute approximate surface area is 127 Å². The molecule has 1 amide bonds. The Morgan fingerprint density at radius 1 is 1.14 bits per heavy atom. The number of para-hydroxylation sites is 3. The van der Waals surface area contributed by atoms with Gasteiger partial charge in [0.2, 0.25) is 5.91 Å². The first kappa shape index (κ1) is 14.0. The molecule has 1 aromatic heterocycles. The third-order valence-corrected chi connectivity index (χ3v) is 3.47. The zero-order valence-corrected chi connectivity index (χ0v) is 12.1. The van der Waals surface area contributed by atoms with Crippen molar-refractivity contribution in [2.24, 2.45) is 0 Å². The average Bonchev–Trinajstić information content (AvgIpc) is 2.52. The Bertz CT molecular complexity index is 900. The van der Waals surface area contributed by atoms with Crippen LogP contribution in [0.2, 0.25) is 0 Å². The number of aromatic nitrogens is 2. The van der Waals surface area contributed by atoms with Crippen LogP contribution in [0.5, 0.6) is 0 Å². The highest BCUT2D eigenvalue weighted by atomic mass is 16.2. The molecule has 0 atom stereocenters. The van der Waals surface area contributed by atoms with Crippen LogP contribution in [-0.2, 0) is 11.3 Å². The Morgan fingerprint density at radius 2 is 1.86 bits per heavy atom. The molecule has 5 nitrogen and oxygen atoms in total. The second kappa shape index (κ2) is 5.81.